The molecule has 1 fully saturated rings. The van der Waals surface area contributed by atoms with Gasteiger partial charge in [-0.2, -0.15) is 0 Å². The number of benzene rings is 2. The van der Waals surface area contributed by atoms with Crippen molar-refractivity contribution in [2.45, 2.75) is 26.2 Å². The summed E-state index contributed by atoms with van der Waals surface area (Å²) in [5.41, 5.74) is 3.34. The third kappa shape index (κ3) is 5.92. The molecule has 1 saturated heterocycles. The number of rotatable bonds is 7. The van der Waals surface area contributed by atoms with Crippen LogP contribution < -0.4 is 5.32 Å². The van der Waals surface area contributed by atoms with Crippen molar-refractivity contribution >= 4 is 17.5 Å². The molecule has 1 N–H and O–H groups in total. The fourth-order valence-electron chi connectivity index (χ4n) is 3.43. The van der Waals surface area contributed by atoms with Crippen LogP contribution >= 0.6 is 0 Å². The lowest BCUT2D eigenvalue weighted by Gasteiger charge is -2.34. The monoisotopic (exact) mass is 379 g/mol. The molecule has 1 heterocycles. The zero-order valence-corrected chi connectivity index (χ0v) is 16.6. The molecule has 0 spiro atoms. The Labute approximate surface area is 167 Å². The molecule has 0 unspecified atom stereocenters. The van der Waals surface area contributed by atoms with Gasteiger partial charge in [0.05, 0.1) is 6.54 Å². The second-order valence-corrected chi connectivity index (χ2v) is 7.24. The third-order valence-corrected chi connectivity index (χ3v) is 5.21. The maximum Gasteiger partial charge on any atom is 0.238 e. The third-order valence-electron chi connectivity index (χ3n) is 5.21. The molecule has 5 heteroatoms. The average Bonchev–Trinajstić information content (AvgIpc) is 2.73. The number of carbonyl (C=O) groups is 2. The summed E-state index contributed by atoms with van der Waals surface area (Å²) in [4.78, 5) is 28.7. The first-order valence-corrected chi connectivity index (χ1v) is 10.1. The van der Waals surface area contributed by atoms with Gasteiger partial charge in [-0.1, -0.05) is 49.4 Å². The van der Waals surface area contributed by atoms with Crippen LogP contribution in [0.15, 0.2) is 54.6 Å². The second kappa shape index (κ2) is 10.0. The Balaban J connectivity index is 1.38. The first-order chi connectivity index (χ1) is 13.6. The quantitative estimate of drug-likeness (QED) is 0.805. The van der Waals surface area contributed by atoms with Crippen LogP contribution in [-0.4, -0.2) is 54.3 Å². The van der Waals surface area contributed by atoms with E-state index in [9.17, 15) is 9.59 Å². The number of carbonyl (C=O) groups excluding carboxylic acids is 2. The maximum atomic E-state index is 12.5. The molecule has 2 amide bonds. The van der Waals surface area contributed by atoms with Crippen LogP contribution in [0.3, 0.4) is 0 Å². The van der Waals surface area contributed by atoms with Crippen molar-refractivity contribution in [1.82, 2.24) is 9.80 Å². The van der Waals surface area contributed by atoms with Gasteiger partial charge in [0, 0.05) is 38.3 Å². The smallest absolute Gasteiger partial charge is 0.238 e. The molecule has 0 bridgehead atoms. The van der Waals surface area contributed by atoms with Crippen molar-refractivity contribution in [3.05, 3.63) is 65.7 Å². The Morgan fingerprint density at radius 1 is 0.893 bits per heavy atom. The van der Waals surface area contributed by atoms with E-state index in [1.54, 1.807) is 0 Å². The van der Waals surface area contributed by atoms with E-state index in [0.29, 0.717) is 26.1 Å². The lowest BCUT2D eigenvalue weighted by Crippen LogP contribution is -2.50. The Morgan fingerprint density at radius 2 is 1.54 bits per heavy atom. The standard InChI is InChI=1S/C23H29N3O2/c1-2-19-8-10-20(11-9-19)12-13-23(28)26-16-14-25(15-17-26)18-22(27)24-21-6-4-3-5-7-21/h3-11H,2,12-18H2,1H3,(H,24,27). The number of hydrogen-bond acceptors (Lipinski definition) is 3. The summed E-state index contributed by atoms with van der Waals surface area (Å²) >= 11 is 0. The van der Waals surface area contributed by atoms with E-state index in [2.05, 4.69) is 41.4 Å². The van der Waals surface area contributed by atoms with Gasteiger partial charge < -0.3 is 10.2 Å². The lowest BCUT2D eigenvalue weighted by molar-refractivity contribution is -0.133. The van der Waals surface area contributed by atoms with Crippen molar-refractivity contribution in [3.63, 3.8) is 0 Å². The summed E-state index contributed by atoms with van der Waals surface area (Å²) in [6.07, 6.45) is 2.36. The van der Waals surface area contributed by atoms with Crippen LogP contribution in [0.25, 0.3) is 0 Å². The molecule has 28 heavy (non-hydrogen) atoms. The number of nitrogens with one attached hydrogen (secondary N) is 1. The largest absolute Gasteiger partial charge is 0.340 e. The molecule has 1 aliphatic heterocycles. The zero-order valence-electron chi connectivity index (χ0n) is 16.6. The number of anilines is 1. The molecule has 5 nitrogen and oxygen atoms in total. The van der Waals surface area contributed by atoms with E-state index < -0.39 is 0 Å². The normalized spacial score (nSPS) is 14.7. The summed E-state index contributed by atoms with van der Waals surface area (Å²) in [7, 11) is 0. The fourth-order valence-corrected chi connectivity index (χ4v) is 3.43. The van der Waals surface area contributed by atoms with E-state index in [1.807, 2.05) is 35.2 Å². The minimum Gasteiger partial charge on any atom is -0.340 e. The molecule has 0 atom stereocenters. The van der Waals surface area contributed by atoms with Gasteiger partial charge in [-0.05, 0) is 36.1 Å². The molecule has 2 aromatic carbocycles. The van der Waals surface area contributed by atoms with Crippen molar-refractivity contribution in [3.8, 4) is 0 Å². The van der Waals surface area contributed by atoms with Gasteiger partial charge in [-0.25, -0.2) is 0 Å². The number of aryl methyl sites for hydroxylation is 2. The molecule has 0 radical (unpaired) electrons. The van der Waals surface area contributed by atoms with Crippen LogP contribution in [0, 0.1) is 0 Å². The van der Waals surface area contributed by atoms with Crippen LogP contribution in [0.4, 0.5) is 5.69 Å². The number of piperazine rings is 1. The minimum atomic E-state index is -0.0125. The van der Waals surface area contributed by atoms with Crippen molar-refractivity contribution < 1.29 is 9.59 Å². The first kappa shape index (κ1) is 20.1. The van der Waals surface area contributed by atoms with Crippen molar-refractivity contribution in [2.24, 2.45) is 0 Å². The van der Waals surface area contributed by atoms with E-state index >= 15 is 0 Å². The predicted molar refractivity (Wildman–Crippen MR) is 112 cm³/mol. The molecule has 2 aromatic rings. The SMILES string of the molecule is CCc1ccc(CCC(=O)N2CCN(CC(=O)Nc3ccccc3)CC2)cc1. The number of amides is 2. The Hall–Kier alpha value is -2.66. The van der Waals surface area contributed by atoms with Gasteiger partial charge in [-0.3, -0.25) is 14.5 Å². The Bertz CT molecular complexity index is 766. The van der Waals surface area contributed by atoms with Crippen molar-refractivity contribution in [2.75, 3.05) is 38.0 Å². The van der Waals surface area contributed by atoms with Crippen LogP contribution in [-0.2, 0) is 22.4 Å². The van der Waals surface area contributed by atoms with Crippen LogP contribution in [0.5, 0.6) is 0 Å². The average molecular weight is 380 g/mol. The van der Waals surface area contributed by atoms with Gasteiger partial charge in [-0.15, -0.1) is 0 Å². The number of para-hydroxylation sites is 1. The summed E-state index contributed by atoms with van der Waals surface area (Å²) in [5.74, 6) is 0.189. The van der Waals surface area contributed by atoms with Crippen LogP contribution in [0.1, 0.15) is 24.5 Å². The van der Waals surface area contributed by atoms with Gasteiger partial charge in [0.15, 0.2) is 0 Å². The second-order valence-electron chi connectivity index (χ2n) is 7.24. The molecular weight excluding hydrogens is 350 g/mol. The highest BCUT2D eigenvalue weighted by atomic mass is 16.2. The predicted octanol–water partition coefficient (Wildman–Crippen LogP) is 2.96. The summed E-state index contributed by atoms with van der Waals surface area (Å²) in [6.45, 7) is 5.35. The fraction of sp³-hybridized carbons (Fsp3) is 0.391. The van der Waals surface area contributed by atoms with Crippen molar-refractivity contribution in [1.29, 1.82) is 0 Å². The molecule has 148 valence electrons. The molecule has 3 rings (SSSR count). The van der Waals surface area contributed by atoms with Gasteiger partial charge in [0.25, 0.3) is 0 Å². The van der Waals surface area contributed by atoms with Gasteiger partial charge >= 0.3 is 0 Å². The summed E-state index contributed by atoms with van der Waals surface area (Å²) in [5, 5.41) is 2.91. The zero-order chi connectivity index (χ0) is 19.8. The summed E-state index contributed by atoms with van der Waals surface area (Å²) in [6, 6.07) is 18.0. The van der Waals surface area contributed by atoms with Crippen LogP contribution in [0.2, 0.25) is 0 Å². The molecular formula is C23H29N3O2. The van der Waals surface area contributed by atoms with E-state index in [-0.39, 0.29) is 11.8 Å². The first-order valence-electron chi connectivity index (χ1n) is 10.1. The highest BCUT2D eigenvalue weighted by Gasteiger charge is 2.22. The highest BCUT2D eigenvalue weighted by Crippen LogP contribution is 2.11. The highest BCUT2D eigenvalue weighted by molar-refractivity contribution is 5.92. The Kier molecular flexibility index (Phi) is 7.20. The molecule has 0 aromatic heterocycles. The molecule has 1 aliphatic rings. The number of nitrogens with zero attached hydrogens (tertiary/aromatic N) is 2. The van der Waals surface area contributed by atoms with Gasteiger partial charge in [0.2, 0.25) is 11.8 Å². The maximum absolute atomic E-state index is 12.5. The number of hydrogen-bond donors (Lipinski definition) is 1. The Morgan fingerprint density at radius 3 is 2.18 bits per heavy atom. The molecule has 0 aliphatic carbocycles. The summed E-state index contributed by atoms with van der Waals surface area (Å²) < 4.78 is 0. The van der Waals surface area contributed by atoms with E-state index in [4.69, 9.17) is 0 Å². The lowest BCUT2D eigenvalue weighted by atomic mass is 10.1. The van der Waals surface area contributed by atoms with E-state index in [0.717, 1.165) is 31.6 Å². The van der Waals surface area contributed by atoms with E-state index in [1.165, 1.54) is 11.1 Å². The topological polar surface area (TPSA) is 52.7 Å². The molecule has 0 saturated carbocycles. The minimum absolute atomic E-state index is 0.0125. The van der Waals surface area contributed by atoms with Gasteiger partial charge in [0.1, 0.15) is 0 Å².